The van der Waals surface area contributed by atoms with Crippen molar-refractivity contribution in [3.63, 3.8) is 0 Å². The molecule has 1 unspecified atom stereocenters. The number of rotatable bonds is 16. The number of hydrogen-bond donors (Lipinski definition) is 6. The first kappa shape index (κ1) is 34.8. The number of nitrogens with zero attached hydrogens (tertiary/aromatic N) is 2. The fourth-order valence-corrected chi connectivity index (χ4v) is 4.58. The molecule has 0 spiro atoms. The van der Waals surface area contributed by atoms with Crippen LogP contribution in [-0.4, -0.2) is 55.5 Å². The van der Waals surface area contributed by atoms with Gasteiger partial charge in [-0.2, -0.15) is 0 Å². The highest BCUT2D eigenvalue weighted by Gasteiger charge is 2.28. The van der Waals surface area contributed by atoms with E-state index in [-0.39, 0.29) is 25.5 Å². The van der Waals surface area contributed by atoms with Gasteiger partial charge in [0.05, 0.1) is 20.1 Å². The van der Waals surface area contributed by atoms with Crippen LogP contribution >= 0.6 is 0 Å². The molecule has 0 aliphatic heterocycles. The van der Waals surface area contributed by atoms with Gasteiger partial charge in [0.25, 0.3) is 5.96 Å². The monoisotopic (exact) mass is 634 g/mol. The molecule has 3 amide bonds. The Balaban J connectivity index is 1.81. The third-order valence-corrected chi connectivity index (χ3v) is 7.07. The SMILES string of the molecule is COc1ccc(C(C(=O)N[C@H](CCCN/C(N)=N\[N+](=O)[O-])C(=O)NCc2ccc(C(N)C(N)=O)cc2)c2ccc(OC)cc2)cc1. The number of primary amides is 1. The van der Waals surface area contributed by atoms with E-state index in [9.17, 15) is 24.5 Å². The van der Waals surface area contributed by atoms with Crippen LogP contribution in [0.25, 0.3) is 0 Å². The Morgan fingerprint density at radius 3 is 1.83 bits per heavy atom. The number of carbonyl (C=O) groups excluding carboxylic acids is 3. The number of guanidine groups is 1. The zero-order chi connectivity index (χ0) is 33.6. The number of ether oxygens (including phenoxy) is 2. The third kappa shape index (κ3) is 10.2. The zero-order valence-electron chi connectivity index (χ0n) is 25.5. The summed E-state index contributed by atoms with van der Waals surface area (Å²) in [6.45, 7) is 0.281. The summed E-state index contributed by atoms with van der Waals surface area (Å²) in [6.07, 6.45) is 0.475. The molecule has 46 heavy (non-hydrogen) atoms. The summed E-state index contributed by atoms with van der Waals surface area (Å²) in [5.74, 6) is -1.48. The van der Waals surface area contributed by atoms with Gasteiger partial charge < -0.3 is 42.6 Å². The Labute approximate surface area is 265 Å². The molecular formula is C31H38N8O7. The largest absolute Gasteiger partial charge is 0.497 e. The molecule has 15 nitrogen and oxygen atoms in total. The number of hydrazone groups is 1. The molecule has 3 aromatic rings. The number of carbonyl (C=O) groups is 3. The van der Waals surface area contributed by atoms with Gasteiger partial charge in [0.1, 0.15) is 28.7 Å². The molecule has 0 heterocycles. The van der Waals surface area contributed by atoms with Crippen LogP contribution in [0.2, 0.25) is 0 Å². The normalized spacial score (nSPS) is 12.5. The lowest BCUT2D eigenvalue weighted by atomic mass is 9.90. The summed E-state index contributed by atoms with van der Waals surface area (Å²) in [4.78, 5) is 49.3. The van der Waals surface area contributed by atoms with Gasteiger partial charge >= 0.3 is 0 Å². The van der Waals surface area contributed by atoms with E-state index in [0.717, 1.165) is 5.56 Å². The summed E-state index contributed by atoms with van der Waals surface area (Å²) < 4.78 is 10.5. The predicted molar refractivity (Wildman–Crippen MR) is 170 cm³/mol. The number of benzene rings is 3. The average Bonchev–Trinajstić information content (AvgIpc) is 3.05. The van der Waals surface area contributed by atoms with Crippen LogP contribution in [0.4, 0.5) is 0 Å². The maximum absolute atomic E-state index is 13.9. The summed E-state index contributed by atoms with van der Waals surface area (Å²) in [5.41, 5.74) is 19.1. The number of hydrogen-bond acceptors (Lipinski definition) is 8. The van der Waals surface area contributed by atoms with Crippen LogP contribution in [0.3, 0.4) is 0 Å². The molecule has 0 saturated heterocycles. The molecule has 0 fully saturated rings. The van der Waals surface area contributed by atoms with E-state index >= 15 is 0 Å². The molecule has 0 bridgehead atoms. The molecule has 9 N–H and O–H groups in total. The number of nitro groups is 1. The van der Waals surface area contributed by atoms with E-state index in [1.165, 1.54) is 0 Å². The van der Waals surface area contributed by atoms with Crippen LogP contribution in [0.15, 0.2) is 77.9 Å². The van der Waals surface area contributed by atoms with E-state index in [1.807, 2.05) is 0 Å². The van der Waals surface area contributed by atoms with Gasteiger partial charge in [0.15, 0.2) is 5.03 Å². The minimum Gasteiger partial charge on any atom is -0.497 e. The van der Waals surface area contributed by atoms with Crippen molar-refractivity contribution in [2.75, 3.05) is 20.8 Å². The van der Waals surface area contributed by atoms with E-state index in [2.05, 4.69) is 21.1 Å². The lowest BCUT2D eigenvalue weighted by Gasteiger charge is -2.23. The highest BCUT2D eigenvalue weighted by Crippen LogP contribution is 2.28. The van der Waals surface area contributed by atoms with Crippen molar-refractivity contribution < 1.29 is 28.9 Å². The summed E-state index contributed by atoms with van der Waals surface area (Å²) in [5, 5.41) is 21.0. The van der Waals surface area contributed by atoms with E-state index in [4.69, 9.17) is 26.7 Å². The fraction of sp³-hybridized carbons (Fsp3) is 0.290. The molecule has 0 aromatic heterocycles. The van der Waals surface area contributed by atoms with Crippen LogP contribution < -0.4 is 42.6 Å². The molecule has 15 heteroatoms. The molecule has 3 rings (SSSR count). The van der Waals surface area contributed by atoms with Crippen LogP contribution in [0.1, 0.15) is 47.1 Å². The average molecular weight is 635 g/mol. The lowest BCUT2D eigenvalue weighted by Crippen LogP contribution is -2.48. The Morgan fingerprint density at radius 2 is 1.35 bits per heavy atom. The topological polar surface area (TPSA) is 239 Å². The van der Waals surface area contributed by atoms with Crippen molar-refractivity contribution in [2.45, 2.75) is 37.4 Å². The van der Waals surface area contributed by atoms with Crippen molar-refractivity contribution in [1.82, 2.24) is 16.0 Å². The van der Waals surface area contributed by atoms with E-state index in [1.54, 1.807) is 87.0 Å². The molecular weight excluding hydrogens is 596 g/mol. The molecule has 0 radical (unpaired) electrons. The molecule has 2 atom stereocenters. The highest BCUT2D eigenvalue weighted by molar-refractivity contribution is 5.92. The first-order valence-electron chi connectivity index (χ1n) is 14.2. The summed E-state index contributed by atoms with van der Waals surface area (Å²) in [6, 6.07) is 18.8. The number of methoxy groups -OCH3 is 2. The van der Waals surface area contributed by atoms with Crippen molar-refractivity contribution in [1.29, 1.82) is 0 Å². The van der Waals surface area contributed by atoms with Gasteiger partial charge in [-0.1, -0.05) is 48.5 Å². The number of nitrogens with one attached hydrogen (secondary N) is 3. The second kappa shape index (κ2) is 17.0. The van der Waals surface area contributed by atoms with Gasteiger partial charge in [-0.05, 0) is 59.4 Å². The number of amides is 3. The first-order chi connectivity index (χ1) is 22.0. The quantitative estimate of drug-likeness (QED) is 0.0429. The molecule has 0 saturated carbocycles. The van der Waals surface area contributed by atoms with Crippen molar-refractivity contribution in [2.24, 2.45) is 22.3 Å². The van der Waals surface area contributed by atoms with Gasteiger partial charge in [0.2, 0.25) is 17.7 Å². The second-order valence-electron chi connectivity index (χ2n) is 10.2. The van der Waals surface area contributed by atoms with Crippen LogP contribution in [0, 0.1) is 10.1 Å². The van der Waals surface area contributed by atoms with Crippen LogP contribution in [0.5, 0.6) is 11.5 Å². The van der Waals surface area contributed by atoms with Gasteiger partial charge in [0, 0.05) is 13.1 Å². The fourth-order valence-electron chi connectivity index (χ4n) is 4.58. The van der Waals surface area contributed by atoms with Crippen LogP contribution in [-0.2, 0) is 20.9 Å². The maximum atomic E-state index is 13.9. The maximum Gasteiger partial charge on any atom is 0.266 e. The Bertz CT molecular complexity index is 1470. The van der Waals surface area contributed by atoms with Crippen molar-refractivity contribution in [3.8, 4) is 11.5 Å². The van der Waals surface area contributed by atoms with E-state index < -0.39 is 40.8 Å². The summed E-state index contributed by atoms with van der Waals surface area (Å²) in [7, 11) is 3.09. The van der Waals surface area contributed by atoms with Gasteiger partial charge in [-0.15, -0.1) is 0 Å². The second-order valence-corrected chi connectivity index (χ2v) is 10.2. The Morgan fingerprint density at radius 1 is 0.826 bits per heavy atom. The lowest BCUT2D eigenvalue weighted by molar-refractivity contribution is -0.485. The molecule has 0 aliphatic rings. The predicted octanol–water partition coefficient (Wildman–Crippen LogP) is 0.998. The smallest absolute Gasteiger partial charge is 0.266 e. The zero-order valence-corrected chi connectivity index (χ0v) is 25.5. The Kier molecular flexibility index (Phi) is 12.8. The van der Waals surface area contributed by atoms with Gasteiger partial charge in [-0.25, -0.2) is 10.1 Å². The molecule has 3 aromatic carbocycles. The number of nitrogens with two attached hydrogens (primary N) is 3. The summed E-state index contributed by atoms with van der Waals surface area (Å²) >= 11 is 0. The Hall–Kier alpha value is -5.70. The van der Waals surface area contributed by atoms with Crippen molar-refractivity contribution in [3.05, 3.63) is 105 Å². The van der Waals surface area contributed by atoms with Crippen molar-refractivity contribution >= 4 is 23.7 Å². The third-order valence-electron chi connectivity index (χ3n) is 7.07. The molecule has 0 aliphatic carbocycles. The minimum atomic E-state index is -0.982. The highest BCUT2D eigenvalue weighted by atomic mass is 16.7. The van der Waals surface area contributed by atoms with E-state index in [0.29, 0.717) is 34.6 Å². The van der Waals surface area contributed by atoms with Gasteiger partial charge in [-0.3, -0.25) is 14.4 Å². The standard InChI is InChI=1S/C31H38N8O7/c1-45-23-13-9-20(10-14-23)26(21-11-15-24(46-2)16-12-21)30(42)37-25(4-3-17-35-31(34)38-39(43)44)29(41)36-18-19-5-7-22(8-6-19)27(32)28(33)40/h5-16,25-27H,3-4,17-18,32H2,1-2H3,(H2,33,40)(H,36,41)(H,37,42)(H3,34,35,38)/t25-,27?/m1/s1. The first-order valence-corrected chi connectivity index (χ1v) is 14.2. The minimum absolute atomic E-state index is 0.123. The molecule has 244 valence electrons.